The van der Waals surface area contributed by atoms with Crippen molar-refractivity contribution in [1.82, 2.24) is 24.0 Å². The molecule has 2 aromatic heterocycles. The number of rotatable bonds is 15. The second kappa shape index (κ2) is 13.8. The van der Waals surface area contributed by atoms with Gasteiger partial charge in [0.05, 0.1) is 12.4 Å². The molecule has 4 N–H and O–H groups in total. The van der Waals surface area contributed by atoms with Crippen LogP contribution in [0.15, 0.2) is 40.2 Å². The molecule has 0 spiro atoms. The SMILES string of the molecule is Cn1cnc2c1c(=O)n(CCCCCCCCCCC(=O)NC(CC1CNc3ccccc31)C(O)O)c(=O)n2C. The Morgan fingerprint density at radius 1 is 1.05 bits per heavy atom. The molecule has 0 saturated heterocycles. The number of benzene rings is 1. The maximum atomic E-state index is 12.7. The van der Waals surface area contributed by atoms with E-state index in [1.54, 1.807) is 25.0 Å². The monoisotopic (exact) mass is 554 g/mol. The number of imidazole rings is 1. The summed E-state index contributed by atoms with van der Waals surface area (Å²) >= 11 is 0. The lowest BCUT2D eigenvalue weighted by Gasteiger charge is -2.23. The number of hydrogen-bond acceptors (Lipinski definition) is 7. The summed E-state index contributed by atoms with van der Waals surface area (Å²) in [5, 5.41) is 25.8. The topological polar surface area (TPSA) is 143 Å². The number of fused-ring (bicyclic) bond motifs is 2. The third-order valence-corrected chi connectivity index (χ3v) is 7.92. The molecular formula is C29H42N6O5. The van der Waals surface area contributed by atoms with E-state index < -0.39 is 12.3 Å². The van der Waals surface area contributed by atoms with E-state index in [2.05, 4.69) is 15.6 Å². The molecule has 0 aliphatic carbocycles. The van der Waals surface area contributed by atoms with Crippen molar-refractivity contribution in [2.24, 2.45) is 14.1 Å². The first-order valence-electron chi connectivity index (χ1n) is 14.4. The van der Waals surface area contributed by atoms with Crippen molar-refractivity contribution in [3.05, 3.63) is 57.0 Å². The number of hydrogen-bond donors (Lipinski definition) is 4. The summed E-state index contributed by atoms with van der Waals surface area (Å²) in [5.41, 5.74) is 2.44. The van der Waals surface area contributed by atoms with Crippen molar-refractivity contribution in [3.63, 3.8) is 0 Å². The van der Waals surface area contributed by atoms with Gasteiger partial charge in [0.2, 0.25) is 5.91 Å². The molecule has 218 valence electrons. The number of aliphatic hydroxyl groups excluding tert-OH is 1. The Morgan fingerprint density at radius 3 is 2.45 bits per heavy atom. The quantitative estimate of drug-likeness (QED) is 0.167. The van der Waals surface area contributed by atoms with Crippen molar-refractivity contribution in [1.29, 1.82) is 0 Å². The zero-order valence-electron chi connectivity index (χ0n) is 23.5. The lowest BCUT2D eigenvalue weighted by molar-refractivity contribution is -0.127. The van der Waals surface area contributed by atoms with Gasteiger partial charge < -0.3 is 25.4 Å². The number of carbonyl (C=O) groups is 1. The molecule has 0 radical (unpaired) electrons. The van der Waals surface area contributed by atoms with Gasteiger partial charge in [-0.15, -0.1) is 0 Å². The van der Waals surface area contributed by atoms with Crippen LogP contribution in [-0.4, -0.2) is 53.7 Å². The Hall–Kier alpha value is -3.44. The summed E-state index contributed by atoms with van der Waals surface area (Å²) in [7, 11) is 3.39. The number of anilines is 1. The number of nitrogens with one attached hydrogen (secondary N) is 2. The van der Waals surface area contributed by atoms with Gasteiger partial charge in [-0.25, -0.2) is 9.78 Å². The number of aromatic nitrogens is 4. The summed E-state index contributed by atoms with van der Waals surface area (Å²) in [5.74, 6) is -0.0256. The predicted molar refractivity (Wildman–Crippen MR) is 154 cm³/mol. The van der Waals surface area contributed by atoms with Crippen molar-refractivity contribution >= 4 is 22.8 Å². The van der Waals surface area contributed by atoms with Crippen LogP contribution in [0.4, 0.5) is 5.69 Å². The van der Waals surface area contributed by atoms with Crippen LogP contribution in [-0.2, 0) is 25.4 Å². The van der Waals surface area contributed by atoms with E-state index in [-0.39, 0.29) is 23.1 Å². The molecule has 3 aromatic rings. The molecule has 0 saturated carbocycles. The Bertz CT molecular complexity index is 1410. The number of aliphatic hydroxyl groups is 2. The van der Waals surface area contributed by atoms with Gasteiger partial charge in [0.1, 0.15) is 0 Å². The van der Waals surface area contributed by atoms with E-state index in [0.717, 1.165) is 69.2 Å². The van der Waals surface area contributed by atoms with Crippen LogP contribution in [0.25, 0.3) is 11.2 Å². The fourth-order valence-electron chi connectivity index (χ4n) is 5.62. The van der Waals surface area contributed by atoms with Crippen LogP contribution in [0.3, 0.4) is 0 Å². The molecule has 2 atom stereocenters. The van der Waals surface area contributed by atoms with Crippen molar-refractivity contribution < 1.29 is 15.0 Å². The van der Waals surface area contributed by atoms with Crippen LogP contribution in [0.5, 0.6) is 0 Å². The van der Waals surface area contributed by atoms with Crippen molar-refractivity contribution in [2.75, 3.05) is 11.9 Å². The number of unbranched alkanes of at least 4 members (excludes halogenated alkanes) is 7. The fraction of sp³-hybridized carbons (Fsp3) is 0.586. The largest absolute Gasteiger partial charge is 0.384 e. The zero-order valence-corrected chi connectivity index (χ0v) is 23.5. The van der Waals surface area contributed by atoms with Gasteiger partial charge in [-0.05, 0) is 30.9 Å². The summed E-state index contributed by atoms with van der Waals surface area (Å²) < 4.78 is 4.38. The molecule has 1 aromatic carbocycles. The van der Waals surface area contributed by atoms with Crippen LogP contribution in [0.1, 0.15) is 75.7 Å². The molecule has 3 heterocycles. The van der Waals surface area contributed by atoms with Crippen LogP contribution in [0, 0.1) is 0 Å². The van der Waals surface area contributed by atoms with E-state index in [1.165, 1.54) is 9.13 Å². The highest BCUT2D eigenvalue weighted by atomic mass is 16.5. The van der Waals surface area contributed by atoms with Gasteiger partial charge in [0.25, 0.3) is 5.56 Å². The summed E-state index contributed by atoms with van der Waals surface area (Å²) in [4.78, 5) is 41.9. The highest BCUT2D eigenvalue weighted by Crippen LogP contribution is 2.34. The first kappa shape index (κ1) is 29.5. The Morgan fingerprint density at radius 2 is 1.73 bits per heavy atom. The summed E-state index contributed by atoms with van der Waals surface area (Å²) in [6.07, 6.45) is 8.37. The van der Waals surface area contributed by atoms with E-state index in [0.29, 0.717) is 30.6 Å². The Balaban J connectivity index is 1.08. The van der Waals surface area contributed by atoms with Gasteiger partial charge in [-0.2, -0.15) is 0 Å². The van der Waals surface area contributed by atoms with Crippen molar-refractivity contribution in [2.45, 2.75) is 89.0 Å². The average molecular weight is 555 g/mol. The lowest BCUT2D eigenvalue weighted by Crippen LogP contribution is -2.44. The molecule has 0 fully saturated rings. The fourth-order valence-corrected chi connectivity index (χ4v) is 5.62. The minimum atomic E-state index is -1.60. The molecule has 11 nitrogen and oxygen atoms in total. The smallest absolute Gasteiger partial charge is 0.332 e. The van der Waals surface area contributed by atoms with E-state index in [4.69, 9.17) is 0 Å². The third kappa shape index (κ3) is 7.00. The first-order valence-corrected chi connectivity index (χ1v) is 14.4. The van der Waals surface area contributed by atoms with Gasteiger partial charge >= 0.3 is 5.69 Å². The minimum absolute atomic E-state index is 0.124. The third-order valence-electron chi connectivity index (χ3n) is 7.92. The van der Waals surface area contributed by atoms with E-state index in [1.807, 2.05) is 24.3 Å². The molecule has 1 aliphatic heterocycles. The Labute approximate surface area is 233 Å². The molecular weight excluding hydrogens is 512 g/mol. The highest BCUT2D eigenvalue weighted by Gasteiger charge is 2.28. The van der Waals surface area contributed by atoms with Gasteiger partial charge in [0.15, 0.2) is 17.5 Å². The van der Waals surface area contributed by atoms with Crippen LogP contribution in [0.2, 0.25) is 0 Å². The molecule has 40 heavy (non-hydrogen) atoms. The van der Waals surface area contributed by atoms with Crippen LogP contribution < -0.4 is 21.9 Å². The average Bonchev–Trinajstić information content (AvgIpc) is 3.53. The van der Waals surface area contributed by atoms with E-state index >= 15 is 0 Å². The lowest BCUT2D eigenvalue weighted by atomic mass is 9.93. The second-order valence-corrected chi connectivity index (χ2v) is 10.9. The number of para-hydroxylation sites is 1. The van der Waals surface area contributed by atoms with Gasteiger partial charge in [-0.1, -0.05) is 56.7 Å². The maximum absolute atomic E-state index is 12.7. The number of carbonyl (C=O) groups excluding carboxylic acids is 1. The number of nitrogens with zero attached hydrogens (tertiary/aromatic N) is 4. The second-order valence-electron chi connectivity index (χ2n) is 10.9. The number of aryl methyl sites for hydroxylation is 2. The van der Waals surface area contributed by atoms with Crippen LogP contribution >= 0.6 is 0 Å². The first-order chi connectivity index (χ1) is 19.3. The minimum Gasteiger partial charge on any atom is -0.384 e. The molecule has 4 rings (SSSR count). The summed E-state index contributed by atoms with van der Waals surface area (Å²) in [6, 6.07) is 7.28. The van der Waals surface area contributed by atoms with Gasteiger partial charge in [0, 0.05) is 45.2 Å². The Kier molecular flexibility index (Phi) is 10.2. The van der Waals surface area contributed by atoms with E-state index in [9.17, 15) is 24.6 Å². The highest BCUT2D eigenvalue weighted by molar-refractivity contribution is 5.76. The predicted octanol–water partition coefficient (Wildman–Crippen LogP) is 2.34. The van der Waals surface area contributed by atoms with Gasteiger partial charge in [-0.3, -0.25) is 18.7 Å². The normalized spacial score (nSPS) is 15.4. The zero-order chi connectivity index (χ0) is 28.6. The molecule has 0 bridgehead atoms. The molecule has 2 unspecified atom stereocenters. The number of amides is 1. The van der Waals surface area contributed by atoms with Crippen molar-refractivity contribution in [3.8, 4) is 0 Å². The molecule has 1 amide bonds. The standard InChI is InChI=1S/C29H42N6O5/c1-33-19-31-26-25(33)27(37)35(29(40)34(26)2)16-12-8-6-4-3-5-7-9-15-24(36)32-23(28(38)39)17-20-18-30-22-14-11-10-13-21(20)22/h10-11,13-14,19-20,23,28,30,38-39H,3-9,12,15-18H2,1-2H3,(H,32,36). The molecule has 1 aliphatic rings. The summed E-state index contributed by atoms with van der Waals surface area (Å²) in [6.45, 7) is 1.12. The molecule has 11 heteroatoms. The maximum Gasteiger partial charge on any atom is 0.332 e.